The minimum atomic E-state index is -3.50. The first-order valence-corrected chi connectivity index (χ1v) is 10.4. The van der Waals surface area contributed by atoms with Gasteiger partial charge < -0.3 is 4.42 Å². The monoisotopic (exact) mass is 439 g/mol. The van der Waals surface area contributed by atoms with Crippen LogP contribution >= 0.6 is 23.2 Å². The summed E-state index contributed by atoms with van der Waals surface area (Å²) in [4.78, 5) is 12.5. The summed E-state index contributed by atoms with van der Waals surface area (Å²) in [6.07, 6.45) is 0. The summed E-state index contributed by atoms with van der Waals surface area (Å²) in [6, 6.07) is 10.3. The Labute approximate surface area is 171 Å². The van der Waals surface area contributed by atoms with E-state index in [2.05, 4.69) is 15.5 Å². The van der Waals surface area contributed by atoms with Crippen molar-refractivity contribution in [3.63, 3.8) is 0 Å². The van der Waals surface area contributed by atoms with Crippen LogP contribution in [0.2, 0.25) is 10.0 Å². The average Bonchev–Trinajstić information content (AvgIpc) is 3.09. The van der Waals surface area contributed by atoms with E-state index in [1.54, 1.807) is 32.0 Å². The maximum atomic E-state index is 12.4. The van der Waals surface area contributed by atoms with E-state index in [1.807, 2.05) is 0 Å². The van der Waals surface area contributed by atoms with Gasteiger partial charge in [-0.2, -0.15) is 0 Å². The van der Waals surface area contributed by atoms with Crippen LogP contribution in [0.1, 0.15) is 24.2 Å². The topological polar surface area (TPSA) is 102 Å². The molecule has 7 nitrogen and oxygen atoms in total. The van der Waals surface area contributed by atoms with Crippen LogP contribution in [-0.4, -0.2) is 29.8 Å². The molecular weight excluding hydrogens is 425 g/mol. The zero-order valence-electron chi connectivity index (χ0n) is 14.8. The first-order valence-electron chi connectivity index (χ1n) is 8.12. The maximum Gasteiger partial charge on any atom is 0.322 e. The van der Waals surface area contributed by atoms with E-state index in [0.717, 1.165) is 0 Å². The molecule has 3 aromatic rings. The molecule has 1 N–H and O–H groups in total. The molecule has 0 fully saturated rings. The zero-order chi connectivity index (χ0) is 20.5. The minimum absolute atomic E-state index is 0.0648. The molecule has 0 unspecified atom stereocenters. The molecule has 1 aromatic heterocycles. The molecule has 2 aromatic carbocycles. The third kappa shape index (κ3) is 4.35. The molecule has 0 atom stereocenters. The van der Waals surface area contributed by atoms with Crippen molar-refractivity contribution in [3.8, 4) is 11.5 Å². The number of benzene rings is 2. The zero-order valence-corrected chi connectivity index (χ0v) is 17.1. The number of halogens is 2. The Morgan fingerprint density at radius 2 is 1.75 bits per heavy atom. The second-order valence-electron chi connectivity index (χ2n) is 6.15. The van der Waals surface area contributed by atoms with Crippen LogP contribution < -0.4 is 5.32 Å². The average molecular weight is 440 g/mol. The van der Waals surface area contributed by atoms with Gasteiger partial charge in [-0.05, 0) is 50.2 Å². The predicted octanol–water partition coefficient (Wildman–Crippen LogP) is 4.48. The fraction of sp³-hybridized carbons (Fsp3) is 0.167. The summed E-state index contributed by atoms with van der Waals surface area (Å²) >= 11 is 11.9. The lowest BCUT2D eigenvalue weighted by Crippen LogP contribution is -2.16. The van der Waals surface area contributed by atoms with Gasteiger partial charge in [-0.1, -0.05) is 34.4 Å². The molecule has 0 aliphatic heterocycles. The van der Waals surface area contributed by atoms with Gasteiger partial charge in [-0.3, -0.25) is 10.1 Å². The lowest BCUT2D eigenvalue weighted by atomic mass is 10.2. The lowest BCUT2D eigenvalue weighted by molar-refractivity contribution is 0.102. The number of carbonyl (C=O) groups excluding carboxylic acids is 1. The second-order valence-corrected chi connectivity index (χ2v) is 9.52. The van der Waals surface area contributed by atoms with E-state index in [1.165, 1.54) is 24.3 Å². The van der Waals surface area contributed by atoms with E-state index >= 15 is 0 Å². The summed E-state index contributed by atoms with van der Waals surface area (Å²) < 4.78 is 30.0. The lowest BCUT2D eigenvalue weighted by Gasteiger charge is -2.09. The van der Waals surface area contributed by atoms with Gasteiger partial charge in [-0.15, -0.1) is 5.10 Å². The number of hydrogen-bond acceptors (Lipinski definition) is 6. The van der Waals surface area contributed by atoms with Crippen molar-refractivity contribution in [1.29, 1.82) is 0 Å². The molecule has 1 heterocycles. The van der Waals surface area contributed by atoms with Crippen LogP contribution in [0.4, 0.5) is 6.01 Å². The van der Waals surface area contributed by atoms with E-state index in [-0.39, 0.29) is 22.4 Å². The van der Waals surface area contributed by atoms with Gasteiger partial charge in [0.05, 0.1) is 10.1 Å². The van der Waals surface area contributed by atoms with Crippen LogP contribution in [0.3, 0.4) is 0 Å². The molecule has 0 saturated heterocycles. The summed E-state index contributed by atoms with van der Waals surface area (Å²) in [7, 11) is -3.50. The second kappa shape index (κ2) is 7.90. The fourth-order valence-corrected chi connectivity index (χ4v) is 3.95. The predicted molar refractivity (Wildman–Crippen MR) is 106 cm³/mol. The van der Waals surface area contributed by atoms with Gasteiger partial charge in [0, 0.05) is 21.2 Å². The van der Waals surface area contributed by atoms with E-state index in [0.29, 0.717) is 15.6 Å². The number of anilines is 1. The Hall–Kier alpha value is -2.42. The molecule has 0 aliphatic rings. The van der Waals surface area contributed by atoms with Gasteiger partial charge >= 0.3 is 6.01 Å². The Morgan fingerprint density at radius 1 is 1.07 bits per heavy atom. The SMILES string of the molecule is CC(C)S(=O)(=O)c1cccc(C(=O)Nc2nnc(-c3cc(Cl)cc(Cl)c3)o2)c1. The minimum Gasteiger partial charge on any atom is -0.403 e. The number of amides is 1. The van der Waals surface area contributed by atoms with E-state index in [9.17, 15) is 13.2 Å². The van der Waals surface area contributed by atoms with Crippen LogP contribution in [0.15, 0.2) is 51.8 Å². The largest absolute Gasteiger partial charge is 0.403 e. The Balaban J connectivity index is 1.82. The standard InChI is InChI=1S/C18H15Cl2N3O4S/c1-10(2)28(25,26)15-5-3-4-11(8-15)16(24)21-18-23-22-17(27-18)12-6-13(19)9-14(20)7-12/h3-10H,1-2H3,(H,21,23,24). The Kier molecular flexibility index (Phi) is 5.74. The van der Waals surface area contributed by atoms with Gasteiger partial charge in [0.25, 0.3) is 5.91 Å². The highest BCUT2D eigenvalue weighted by Gasteiger charge is 2.21. The van der Waals surface area contributed by atoms with Crippen molar-refractivity contribution in [2.24, 2.45) is 0 Å². The van der Waals surface area contributed by atoms with Crippen LogP contribution in [-0.2, 0) is 9.84 Å². The molecule has 0 radical (unpaired) electrons. The summed E-state index contributed by atoms with van der Waals surface area (Å²) in [5.74, 6) is -0.462. The Morgan fingerprint density at radius 3 is 2.39 bits per heavy atom. The fourth-order valence-electron chi connectivity index (χ4n) is 2.32. The van der Waals surface area contributed by atoms with Crippen molar-refractivity contribution < 1.29 is 17.6 Å². The highest BCUT2D eigenvalue weighted by molar-refractivity contribution is 7.92. The number of rotatable bonds is 5. The molecule has 0 saturated carbocycles. The first kappa shape index (κ1) is 20.3. The molecule has 10 heteroatoms. The van der Waals surface area contributed by atoms with Crippen molar-refractivity contribution in [1.82, 2.24) is 10.2 Å². The molecular formula is C18H15Cl2N3O4S. The number of nitrogens with one attached hydrogen (secondary N) is 1. The van der Waals surface area contributed by atoms with Gasteiger partial charge in [-0.25, -0.2) is 8.42 Å². The molecule has 1 amide bonds. The normalized spacial score (nSPS) is 11.6. The summed E-state index contributed by atoms with van der Waals surface area (Å²) in [5.41, 5.74) is 0.641. The van der Waals surface area contributed by atoms with Crippen molar-refractivity contribution in [3.05, 3.63) is 58.1 Å². The maximum absolute atomic E-state index is 12.4. The quantitative estimate of drug-likeness (QED) is 0.628. The number of nitrogens with zero attached hydrogens (tertiary/aromatic N) is 2. The van der Waals surface area contributed by atoms with Crippen LogP contribution in [0.25, 0.3) is 11.5 Å². The van der Waals surface area contributed by atoms with Gasteiger partial charge in [0.2, 0.25) is 5.89 Å². The van der Waals surface area contributed by atoms with Crippen molar-refractivity contribution in [2.75, 3.05) is 5.32 Å². The van der Waals surface area contributed by atoms with E-state index in [4.69, 9.17) is 27.6 Å². The van der Waals surface area contributed by atoms with Crippen LogP contribution in [0, 0.1) is 0 Å². The molecule has 3 rings (SSSR count). The molecule has 28 heavy (non-hydrogen) atoms. The number of carbonyl (C=O) groups is 1. The van der Waals surface area contributed by atoms with Crippen molar-refractivity contribution in [2.45, 2.75) is 24.0 Å². The smallest absolute Gasteiger partial charge is 0.322 e. The molecule has 0 spiro atoms. The number of hydrogen-bond donors (Lipinski definition) is 1. The molecule has 0 bridgehead atoms. The summed E-state index contributed by atoms with van der Waals surface area (Å²) in [5, 5.41) is 10.3. The Bertz CT molecular complexity index is 1120. The van der Waals surface area contributed by atoms with Gasteiger partial charge in [0.15, 0.2) is 9.84 Å². The summed E-state index contributed by atoms with van der Waals surface area (Å²) in [6.45, 7) is 3.15. The number of sulfone groups is 1. The van der Waals surface area contributed by atoms with Crippen molar-refractivity contribution >= 4 is 45.0 Å². The first-order chi connectivity index (χ1) is 13.2. The highest BCUT2D eigenvalue weighted by atomic mass is 35.5. The third-order valence-corrected chi connectivity index (χ3v) is 6.39. The molecule has 0 aliphatic carbocycles. The number of aromatic nitrogens is 2. The molecule has 146 valence electrons. The third-order valence-electron chi connectivity index (χ3n) is 3.80. The van der Waals surface area contributed by atoms with Crippen LogP contribution in [0.5, 0.6) is 0 Å². The van der Waals surface area contributed by atoms with E-state index < -0.39 is 21.0 Å². The highest BCUT2D eigenvalue weighted by Crippen LogP contribution is 2.27. The van der Waals surface area contributed by atoms with Gasteiger partial charge in [0.1, 0.15) is 0 Å².